The molecule has 8 heteroatoms. The van der Waals surface area contributed by atoms with Gasteiger partial charge in [0.15, 0.2) is 9.84 Å². The first-order valence-electron chi connectivity index (χ1n) is 11.1. The predicted molar refractivity (Wildman–Crippen MR) is 135 cm³/mol. The van der Waals surface area contributed by atoms with Crippen LogP contribution < -0.4 is 10.9 Å². The lowest BCUT2D eigenvalue weighted by Crippen LogP contribution is -2.23. The van der Waals surface area contributed by atoms with Gasteiger partial charge in [0.05, 0.1) is 10.6 Å². The molecule has 0 fully saturated rings. The third-order valence-electron chi connectivity index (χ3n) is 6.00. The fourth-order valence-corrected chi connectivity index (χ4v) is 5.05. The van der Waals surface area contributed by atoms with E-state index in [-0.39, 0.29) is 27.8 Å². The number of carbonyl (C=O) groups excluding carboxylic acids is 1. The molecule has 0 aliphatic rings. The molecule has 4 rings (SSSR count). The minimum absolute atomic E-state index is 0.0235. The second-order valence-electron chi connectivity index (χ2n) is 8.22. The number of hydrogen-bond acceptors (Lipinski definition) is 4. The van der Waals surface area contributed by atoms with E-state index in [4.69, 9.17) is 0 Å². The quantitative estimate of drug-likeness (QED) is 0.437. The highest BCUT2D eigenvalue weighted by Crippen LogP contribution is 2.38. The molecule has 0 atom stereocenters. The molecule has 4 aromatic rings. The third kappa shape index (κ3) is 4.05. The van der Waals surface area contributed by atoms with E-state index >= 15 is 0 Å². The Labute approximate surface area is 198 Å². The van der Waals surface area contributed by atoms with Gasteiger partial charge in [-0.05, 0) is 54.3 Å². The van der Waals surface area contributed by atoms with Crippen LogP contribution in [0.25, 0.3) is 33.2 Å². The Morgan fingerprint density at radius 3 is 2.41 bits per heavy atom. The molecule has 7 nitrogen and oxygen atoms in total. The van der Waals surface area contributed by atoms with Crippen molar-refractivity contribution in [1.29, 1.82) is 0 Å². The monoisotopic (exact) mass is 477 g/mol. The molecule has 176 valence electrons. The van der Waals surface area contributed by atoms with Crippen LogP contribution in [0, 0.1) is 6.92 Å². The summed E-state index contributed by atoms with van der Waals surface area (Å²) in [6.07, 6.45) is 1.69. The van der Waals surface area contributed by atoms with Crippen molar-refractivity contribution in [3.8, 4) is 22.3 Å². The number of carbonyl (C=O) groups is 1. The average molecular weight is 478 g/mol. The fourth-order valence-electron chi connectivity index (χ4n) is 4.14. The number of nitrogens with zero attached hydrogens (tertiary/aromatic N) is 1. The Morgan fingerprint density at radius 2 is 1.74 bits per heavy atom. The number of H-pyrrole nitrogens is 1. The molecule has 0 aliphatic carbocycles. The second kappa shape index (κ2) is 8.95. The minimum atomic E-state index is -3.47. The Morgan fingerprint density at radius 1 is 1.00 bits per heavy atom. The van der Waals surface area contributed by atoms with Gasteiger partial charge in [-0.2, -0.15) is 0 Å². The van der Waals surface area contributed by atoms with Crippen LogP contribution in [-0.4, -0.2) is 36.2 Å². The summed E-state index contributed by atoms with van der Waals surface area (Å²) < 4.78 is 26.9. The number of amides is 1. The number of aryl methyl sites for hydroxylation is 2. The number of hydrogen-bond donors (Lipinski definition) is 2. The maximum Gasteiger partial charge on any atom is 0.274 e. The van der Waals surface area contributed by atoms with Gasteiger partial charge in [0.1, 0.15) is 11.2 Å². The summed E-state index contributed by atoms with van der Waals surface area (Å²) in [7, 11) is -1.83. The molecule has 0 radical (unpaired) electrons. The van der Waals surface area contributed by atoms with Gasteiger partial charge < -0.3 is 14.9 Å². The maximum atomic E-state index is 12.9. The summed E-state index contributed by atoms with van der Waals surface area (Å²) in [5.74, 6) is -0.335. The van der Waals surface area contributed by atoms with Crippen molar-refractivity contribution < 1.29 is 13.2 Å². The highest BCUT2D eigenvalue weighted by Gasteiger charge is 2.21. The second-order valence-corrected chi connectivity index (χ2v) is 10.5. The van der Waals surface area contributed by atoms with Crippen molar-refractivity contribution in [3.63, 3.8) is 0 Å². The molecule has 0 saturated heterocycles. The Hall–Kier alpha value is -3.65. The van der Waals surface area contributed by atoms with E-state index < -0.39 is 9.84 Å². The number of aromatic nitrogens is 2. The summed E-state index contributed by atoms with van der Waals surface area (Å²) in [5.41, 5.74) is 4.46. The van der Waals surface area contributed by atoms with Crippen LogP contribution in [0.15, 0.2) is 64.4 Å². The fraction of sp³-hybridized carbons (Fsp3) is 0.231. The van der Waals surface area contributed by atoms with Crippen LogP contribution in [-0.2, 0) is 16.9 Å². The largest absolute Gasteiger partial charge is 0.351 e. The predicted octanol–water partition coefficient (Wildman–Crippen LogP) is 4.05. The molecule has 0 bridgehead atoms. The molecule has 2 heterocycles. The van der Waals surface area contributed by atoms with Crippen LogP contribution in [0.2, 0.25) is 0 Å². The van der Waals surface area contributed by atoms with E-state index in [1.807, 2.05) is 44.2 Å². The summed E-state index contributed by atoms with van der Waals surface area (Å²) in [6.45, 7) is 5.88. The van der Waals surface area contributed by atoms with Crippen LogP contribution in [0.3, 0.4) is 0 Å². The summed E-state index contributed by atoms with van der Waals surface area (Å²) in [6, 6.07) is 14.6. The van der Waals surface area contributed by atoms with Crippen LogP contribution in [0.4, 0.5) is 0 Å². The first-order valence-corrected chi connectivity index (χ1v) is 12.8. The van der Waals surface area contributed by atoms with Crippen LogP contribution in [0.1, 0.15) is 29.9 Å². The normalized spacial score (nSPS) is 11.6. The average Bonchev–Trinajstić information content (AvgIpc) is 3.28. The zero-order valence-corrected chi connectivity index (χ0v) is 20.4. The van der Waals surface area contributed by atoms with Gasteiger partial charge in [-0.15, -0.1) is 0 Å². The molecule has 0 saturated carbocycles. The maximum absolute atomic E-state index is 12.9. The van der Waals surface area contributed by atoms with Crippen LogP contribution >= 0.6 is 0 Å². The summed E-state index contributed by atoms with van der Waals surface area (Å²) in [4.78, 5) is 28.6. The van der Waals surface area contributed by atoms with E-state index in [1.165, 1.54) is 4.57 Å². The lowest BCUT2D eigenvalue weighted by atomic mass is 9.91. The van der Waals surface area contributed by atoms with E-state index in [0.29, 0.717) is 28.6 Å². The van der Waals surface area contributed by atoms with E-state index in [9.17, 15) is 18.0 Å². The molecule has 0 aliphatic heterocycles. The number of fused-ring (bicyclic) bond motifs is 1. The van der Waals surface area contributed by atoms with Crippen molar-refractivity contribution in [2.24, 2.45) is 7.05 Å². The number of pyridine rings is 1. The van der Waals surface area contributed by atoms with Crippen LogP contribution in [0.5, 0.6) is 0 Å². The van der Waals surface area contributed by atoms with E-state index in [0.717, 1.165) is 16.7 Å². The van der Waals surface area contributed by atoms with E-state index in [2.05, 4.69) is 10.3 Å². The van der Waals surface area contributed by atoms with Crippen molar-refractivity contribution in [3.05, 3.63) is 76.3 Å². The number of nitrogens with one attached hydrogen (secondary N) is 2. The number of sulfone groups is 1. The van der Waals surface area contributed by atoms with Gasteiger partial charge in [-0.25, -0.2) is 8.42 Å². The number of rotatable bonds is 6. The molecule has 2 N–H and O–H groups in total. The number of aromatic amines is 1. The molecule has 2 aromatic heterocycles. The van der Waals surface area contributed by atoms with Crippen molar-refractivity contribution in [1.82, 2.24) is 14.9 Å². The van der Waals surface area contributed by atoms with Crippen molar-refractivity contribution in [2.45, 2.75) is 25.7 Å². The first-order chi connectivity index (χ1) is 16.2. The number of benzene rings is 2. The first kappa shape index (κ1) is 23.5. The van der Waals surface area contributed by atoms with Crippen molar-refractivity contribution >= 4 is 26.6 Å². The SMILES string of the molecule is CCNC(=O)c1cc2c(-c3cc(S(=O)(=O)CC)ccc3-c3ccccc3C)cn(C)c(=O)c2[nH]1. The van der Waals surface area contributed by atoms with E-state index in [1.54, 1.807) is 38.4 Å². The smallest absolute Gasteiger partial charge is 0.274 e. The molecule has 1 amide bonds. The molecule has 2 aromatic carbocycles. The standard InChI is InChI=1S/C26H27N3O4S/c1-5-27-25(30)23-14-21-22(15-29(4)26(31)24(21)28-23)20-13-17(34(32,33)6-2)11-12-19(20)18-10-8-7-9-16(18)3/h7-15,28H,5-6H2,1-4H3,(H,27,30). The summed E-state index contributed by atoms with van der Waals surface area (Å²) in [5, 5.41) is 3.30. The molecule has 34 heavy (non-hydrogen) atoms. The highest BCUT2D eigenvalue weighted by atomic mass is 32.2. The van der Waals surface area contributed by atoms with Gasteiger partial charge in [-0.1, -0.05) is 37.3 Å². The molecular formula is C26H27N3O4S. The van der Waals surface area contributed by atoms with Gasteiger partial charge >= 0.3 is 0 Å². The minimum Gasteiger partial charge on any atom is -0.351 e. The van der Waals surface area contributed by atoms with Gasteiger partial charge in [0.2, 0.25) is 0 Å². The zero-order valence-electron chi connectivity index (χ0n) is 19.6. The van der Waals surface area contributed by atoms with Gasteiger partial charge in [0, 0.05) is 30.7 Å². The Kier molecular flexibility index (Phi) is 6.18. The zero-order chi connectivity index (χ0) is 24.6. The highest BCUT2D eigenvalue weighted by molar-refractivity contribution is 7.91. The lowest BCUT2D eigenvalue weighted by molar-refractivity contribution is 0.0951. The van der Waals surface area contributed by atoms with Gasteiger partial charge in [-0.3, -0.25) is 9.59 Å². The summed E-state index contributed by atoms with van der Waals surface area (Å²) >= 11 is 0. The topological polar surface area (TPSA) is 101 Å². The van der Waals surface area contributed by atoms with Crippen molar-refractivity contribution in [2.75, 3.05) is 12.3 Å². The molecule has 0 spiro atoms. The van der Waals surface area contributed by atoms with Gasteiger partial charge in [0.25, 0.3) is 11.5 Å². The lowest BCUT2D eigenvalue weighted by Gasteiger charge is -2.16. The Balaban J connectivity index is 2.10. The third-order valence-corrected chi connectivity index (χ3v) is 7.73. The Bertz CT molecular complexity index is 1580. The molecule has 0 unspecified atom stereocenters. The molecular weight excluding hydrogens is 450 g/mol.